The third-order valence-electron chi connectivity index (χ3n) is 5.09. The number of ether oxygens (including phenoxy) is 1. The van der Waals surface area contributed by atoms with Crippen molar-refractivity contribution < 1.29 is 14.3 Å². The van der Waals surface area contributed by atoms with Crippen molar-refractivity contribution in [1.29, 1.82) is 0 Å². The fourth-order valence-electron chi connectivity index (χ4n) is 3.49. The molecule has 0 aromatic carbocycles. The van der Waals surface area contributed by atoms with Gasteiger partial charge in [0.15, 0.2) is 0 Å². The second-order valence-electron chi connectivity index (χ2n) is 6.96. The van der Waals surface area contributed by atoms with Crippen LogP contribution in [0.2, 0.25) is 0 Å². The molecule has 3 heterocycles. The number of aromatic nitrogens is 1. The van der Waals surface area contributed by atoms with Gasteiger partial charge in [-0.1, -0.05) is 0 Å². The first-order valence-electron chi connectivity index (χ1n) is 9.47. The largest absolute Gasteiger partial charge is 0.379 e. The van der Waals surface area contributed by atoms with E-state index in [9.17, 15) is 9.59 Å². The van der Waals surface area contributed by atoms with Crippen LogP contribution in [0.3, 0.4) is 0 Å². The number of hydrogen-bond donors (Lipinski definition) is 1. The fraction of sp³-hybridized carbons (Fsp3) is 0.632. The lowest BCUT2D eigenvalue weighted by Crippen LogP contribution is -2.46. The Bertz CT molecular complexity index is 590. The quantitative estimate of drug-likeness (QED) is 0.773. The Balaban J connectivity index is 1.41. The SMILES string of the molecule is O=C(NCc1ccncc1)[C@H]1CCC(=O)N(CCCN2CCOCC2)C1. The molecule has 0 spiro atoms. The molecule has 2 amide bonds. The lowest BCUT2D eigenvalue weighted by Gasteiger charge is -2.33. The van der Waals surface area contributed by atoms with Gasteiger partial charge >= 0.3 is 0 Å². The van der Waals surface area contributed by atoms with Crippen molar-refractivity contribution in [3.8, 4) is 0 Å². The standard InChI is InChI=1S/C19H28N4O3/c24-18-3-2-17(19(25)21-14-16-4-6-20-7-5-16)15-23(18)9-1-8-22-10-12-26-13-11-22/h4-7,17H,1-3,8-15H2,(H,21,25)/t17-/m0/s1. The number of morpholine rings is 1. The summed E-state index contributed by atoms with van der Waals surface area (Å²) in [5, 5.41) is 2.99. The van der Waals surface area contributed by atoms with Crippen LogP contribution in [0.1, 0.15) is 24.8 Å². The van der Waals surface area contributed by atoms with Gasteiger partial charge in [-0.3, -0.25) is 19.5 Å². The zero-order valence-corrected chi connectivity index (χ0v) is 15.2. The summed E-state index contributed by atoms with van der Waals surface area (Å²) in [7, 11) is 0. The lowest BCUT2D eigenvalue weighted by molar-refractivity contribution is -0.138. The Morgan fingerprint density at radius 2 is 2.00 bits per heavy atom. The van der Waals surface area contributed by atoms with E-state index in [1.807, 2.05) is 17.0 Å². The summed E-state index contributed by atoms with van der Waals surface area (Å²) in [5.74, 6) is 0.0931. The third kappa shape index (κ3) is 5.51. The molecule has 1 atom stereocenters. The Kier molecular flexibility index (Phi) is 6.96. The van der Waals surface area contributed by atoms with Crippen LogP contribution in [0.25, 0.3) is 0 Å². The fourth-order valence-corrected chi connectivity index (χ4v) is 3.49. The minimum Gasteiger partial charge on any atom is -0.379 e. The van der Waals surface area contributed by atoms with Gasteiger partial charge in [0, 0.05) is 58.1 Å². The molecule has 7 heteroatoms. The van der Waals surface area contributed by atoms with Gasteiger partial charge in [-0.05, 0) is 30.5 Å². The van der Waals surface area contributed by atoms with Crippen molar-refractivity contribution >= 4 is 11.8 Å². The van der Waals surface area contributed by atoms with E-state index < -0.39 is 0 Å². The molecule has 2 fully saturated rings. The number of piperidine rings is 1. The van der Waals surface area contributed by atoms with E-state index in [-0.39, 0.29) is 17.7 Å². The van der Waals surface area contributed by atoms with Gasteiger partial charge in [-0.25, -0.2) is 0 Å². The number of pyridine rings is 1. The van der Waals surface area contributed by atoms with Crippen LogP contribution in [0.5, 0.6) is 0 Å². The zero-order valence-electron chi connectivity index (χ0n) is 15.2. The summed E-state index contributed by atoms with van der Waals surface area (Å²) in [5.41, 5.74) is 1.03. The first-order valence-corrected chi connectivity index (χ1v) is 9.47. The number of amides is 2. The smallest absolute Gasteiger partial charge is 0.225 e. The van der Waals surface area contributed by atoms with Crippen LogP contribution >= 0.6 is 0 Å². The molecule has 1 aromatic heterocycles. The van der Waals surface area contributed by atoms with E-state index in [1.165, 1.54) is 0 Å². The molecule has 1 aromatic rings. The first kappa shape index (κ1) is 18.8. The number of carbonyl (C=O) groups excluding carboxylic acids is 2. The number of rotatable bonds is 7. The maximum atomic E-state index is 12.5. The van der Waals surface area contributed by atoms with Crippen molar-refractivity contribution in [3.05, 3.63) is 30.1 Å². The number of nitrogens with one attached hydrogen (secondary N) is 1. The Morgan fingerprint density at radius 1 is 1.23 bits per heavy atom. The molecule has 0 unspecified atom stereocenters. The molecule has 2 saturated heterocycles. The molecule has 3 rings (SSSR count). The van der Waals surface area contributed by atoms with Gasteiger partial charge < -0.3 is 15.0 Å². The summed E-state index contributed by atoms with van der Waals surface area (Å²) < 4.78 is 5.35. The van der Waals surface area contributed by atoms with Gasteiger partial charge in [0.05, 0.1) is 19.1 Å². The number of nitrogens with zero attached hydrogens (tertiary/aromatic N) is 3. The molecule has 0 radical (unpaired) electrons. The Morgan fingerprint density at radius 3 is 2.77 bits per heavy atom. The maximum Gasteiger partial charge on any atom is 0.225 e. The van der Waals surface area contributed by atoms with Crippen molar-refractivity contribution in [2.24, 2.45) is 5.92 Å². The minimum absolute atomic E-state index is 0.0347. The highest BCUT2D eigenvalue weighted by molar-refractivity contribution is 5.83. The molecular weight excluding hydrogens is 332 g/mol. The third-order valence-corrected chi connectivity index (χ3v) is 5.09. The average molecular weight is 360 g/mol. The normalized spacial score (nSPS) is 21.6. The van der Waals surface area contributed by atoms with Gasteiger partial charge in [0.1, 0.15) is 0 Å². The van der Waals surface area contributed by atoms with Gasteiger partial charge in [0.2, 0.25) is 11.8 Å². The minimum atomic E-state index is -0.113. The summed E-state index contributed by atoms with van der Waals surface area (Å²) >= 11 is 0. The highest BCUT2D eigenvalue weighted by Gasteiger charge is 2.29. The van der Waals surface area contributed by atoms with E-state index in [4.69, 9.17) is 4.74 Å². The second kappa shape index (κ2) is 9.64. The molecule has 2 aliphatic rings. The van der Waals surface area contributed by atoms with E-state index in [0.29, 0.717) is 25.9 Å². The molecule has 0 aliphatic carbocycles. The monoisotopic (exact) mass is 360 g/mol. The predicted molar refractivity (Wildman–Crippen MR) is 97.3 cm³/mol. The topological polar surface area (TPSA) is 74.8 Å². The molecular formula is C19H28N4O3. The predicted octanol–water partition coefficient (Wildman–Crippen LogP) is 0.659. The summed E-state index contributed by atoms with van der Waals surface area (Å²) in [4.78, 5) is 32.8. The summed E-state index contributed by atoms with van der Waals surface area (Å²) in [6.45, 7) is 6.26. The van der Waals surface area contributed by atoms with E-state index in [0.717, 1.165) is 51.4 Å². The highest BCUT2D eigenvalue weighted by atomic mass is 16.5. The highest BCUT2D eigenvalue weighted by Crippen LogP contribution is 2.18. The summed E-state index contributed by atoms with van der Waals surface area (Å²) in [6.07, 6.45) is 5.48. The molecule has 2 aliphatic heterocycles. The van der Waals surface area contributed by atoms with Crippen LogP contribution in [0.4, 0.5) is 0 Å². The zero-order chi connectivity index (χ0) is 18.2. The van der Waals surface area contributed by atoms with Crippen molar-refractivity contribution in [1.82, 2.24) is 20.1 Å². The van der Waals surface area contributed by atoms with Gasteiger partial charge in [-0.15, -0.1) is 0 Å². The van der Waals surface area contributed by atoms with Crippen LogP contribution in [-0.2, 0) is 20.9 Å². The molecule has 142 valence electrons. The summed E-state index contributed by atoms with van der Waals surface area (Å²) in [6, 6.07) is 3.78. The van der Waals surface area contributed by atoms with E-state index in [1.54, 1.807) is 12.4 Å². The van der Waals surface area contributed by atoms with Crippen LogP contribution in [0, 0.1) is 5.92 Å². The lowest BCUT2D eigenvalue weighted by atomic mass is 9.96. The van der Waals surface area contributed by atoms with Crippen LogP contribution in [-0.4, -0.2) is 72.5 Å². The van der Waals surface area contributed by atoms with Crippen LogP contribution in [0.15, 0.2) is 24.5 Å². The first-order chi connectivity index (χ1) is 12.7. The van der Waals surface area contributed by atoms with Gasteiger partial charge in [0.25, 0.3) is 0 Å². The van der Waals surface area contributed by atoms with Crippen LogP contribution < -0.4 is 5.32 Å². The molecule has 7 nitrogen and oxygen atoms in total. The number of hydrogen-bond acceptors (Lipinski definition) is 5. The second-order valence-corrected chi connectivity index (χ2v) is 6.96. The molecule has 0 bridgehead atoms. The molecule has 26 heavy (non-hydrogen) atoms. The number of carbonyl (C=O) groups is 2. The van der Waals surface area contributed by atoms with Gasteiger partial charge in [-0.2, -0.15) is 0 Å². The maximum absolute atomic E-state index is 12.5. The van der Waals surface area contributed by atoms with E-state index in [2.05, 4.69) is 15.2 Å². The van der Waals surface area contributed by atoms with Crippen molar-refractivity contribution in [2.45, 2.75) is 25.8 Å². The number of likely N-dealkylation sites (tertiary alicyclic amines) is 1. The molecule has 1 N–H and O–H groups in total. The molecule has 0 saturated carbocycles. The van der Waals surface area contributed by atoms with Crippen molar-refractivity contribution in [3.63, 3.8) is 0 Å². The Hall–Kier alpha value is -1.99. The average Bonchev–Trinajstić information content (AvgIpc) is 2.69. The van der Waals surface area contributed by atoms with E-state index >= 15 is 0 Å². The van der Waals surface area contributed by atoms with Crippen molar-refractivity contribution in [2.75, 3.05) is 45.9 Å². The Labute approximate surface area is 154 Å².